The summed E-state index contributed by atoms with van der Waals surface area (Å²) in [7, 11) is 4.34. The number of nitrogens with one attached hydrogen (secondary N) is 2. The van der Waals surface area contributed by atoms with Gasteiger partial charge in [-0.1, -0.05) is 172 Å². The standard InChI is InChI=1S/C73H72B2N7O.Pt/c1-70(2,3)49-34-41-78-66(44-49)82-62-29-14-13-24-53(62)54-33-32-52(47-65(54)82)83-67-46-51(45-61(79-67)68-57(72(7,8)9)25-21-26-58(68)73(10,11)12)80-48-81(64-31-16-15-30-63(64)80)69-55(59-27-22-39-76-37-19-17-35-74-59)42-50(71(4,5)6)43-56(69)60-28-23-40-77-38-20-18-36-75-60;/h13-45,48,76-77H,1-12H3;/q-3;/b35-17-,36-18-,37-19-,38-20-,39-22-,40-23-,59-27-,60-28-;/i13D,14D,24D,29D;. The minimum absolute atomic E-state index is 0. The van der Waals surface area contributed by atoms with Crippen molar-refractivity contribution in [3.8, 4) is 28.7 Å². The molecule has 3 aliphatic heterocycles. The maximum Gasteiger partial charge on any atom is 0.182 e. The van der Waals surface area contributed by atoms with Crippen molar-refractivity contribution in [1.29, 1.82) is 0 Å². The smallest absolute Gasteiger partial charge is 0.182 e. The van der Waals surface area contributed by atoms with Gasteiger partial charge < -0.3 is 29.7 Å². The Morgan fingerprint density at radius 3 is 1.80 bits per heavy atom. The minimum Gasteiger partial charge on any atom is -0.503 e. The summed E-state index contributed by atoms with van der Waals surface area (Å²) in [5.41, 5.74) is 13.4. The summed E-state index contributed by atoms with van der Waals surface area (Å²) in [5, 5.41) is 7.47. The van der Waals surface area contributed by atoms with Crippen molar-refractivity contribution in [2.45, 2.75) is 105 Å². The molecule has 0 fully saturated rings. The number of fused-ring (bicyclic) bond motifs is 4. The number of hydrogen-bond acceptors (Lipinski definition) is 7. The predicted molar refractivity (Wildman–Crippen MR) is 351 cm³/mol. The van der Waals surface area contributed by atoms with Gasteiger partial charge in [-0.25, -0.2) is 4.98 Å². The van der Waals surface area contributed by atoms with Gasteiger partial charge in [-0.15, -0.1) is 36.1 Å². The van der Waals surface area contributed by atoms with Crippen LogP contribution < -0.4 is 25.2 Å². The molecule has 0 bridgehead atoms. The van der Waals surface area contributed by atoms with Crippen molar-refractivity contribution in [2.75, 3.05) is 9.80 Å². The SMILES string of the molecule is [2H]c1c([2H])c([2H])c2c(c1[2H])c1ccc(Oc3[c-]c(N4[CH-]N(c5c(/C6=C/C=C\N/C=C\C=C/[B]6)cc(C(C)(C)C)cc5/C5=C/C=C\N/C=C\C=C/[B]5)c5ccccc54)cc(-c4c(C(C)(C)C)cccc4C(C)(C)C)n3)[c-]c1n2-c1cc(C(C)(C)C)ccn1.[Pt]. The Kier molecular flexibility index (Phi) is 15.3. The first-order chi connectivity index (χ1) is 41.4. The first-order valence-corrected chi connectivity index (χ1v) is 28.4. The van der Waals surface area contributed by atoms with Gasteiger partial charge in [0.1, 0.15) is 11.7 Å². The Labute approximate surface area is 519 Å². The van der Waals surface area contributed by atoms with Crippen LogP contribution in [0.3, 0.4) is 0 Å². The second-order valence-electron chi connectivity index (χ2n) is 25.2. The molecule has 0 saturated heterocycles. The van der Waals surface area contributed by atoms with Gasteiger partial charge in [-0.3, -0.25) is 4.98 Å². The Hall–Kier alpha value is -8.06. The largest absolute Gasteiger partial charge is 0.503 e. The first kappa shape index (κ1) is 53.9. The average Bonchev–Trinajstić information content (AvgIpc) is 1.54. The molecule has 0 atom stereocenters. The molecule has 0 aliphatic carbocycles. The number of anilines is 4. The summed E-state index contributed by atoms with van der Waals surface area (Å²) < 4.78 is 44.9. The fourth-order valence-electron chi connectivity index (χ4n) is 10.8. The molecule has 2 radical (unpaired) electrons. The molecule has 8 nitrogen and oxygen atoms in total. The van der Waals surface area contributed by atoms with Crippen LogP contribution >= 0.6 is 0 Å². The zero-order valence-corrected chi connectivity index (χ0v) is 52.2. The number of aromatic nitrogens is 3. The molecular weight excluding hydrogens is 1210 g/mol. The van der Waals surface area contributed by atoms with Crippen molar-refractivity contribution in [3.05, 3.63) is 253 Å². The Balaban J connectivity index is 0.00000855. The molecule has 2 N–H and O–H groups in total. The molecule has 0 saturated carbocycles. The van der Waals surface area contributed by atoms with Gasteiger partial charge >= 0.3 is 0 Å². The Bertz CT molecular complexity index is 4190. The summed E-state index contributed by atoms with van der Waals surface area (Å²) in [6.45, 7) is 28.7. The molecule has 11 heteroatoms. The third kappa shape index (κ3) is 12.3. The third-order valence-corrected chi connectivity index (χ3v) is 15.0. The normalized spacial score (nSPS) is 18.9. The fraction of sp³-hybridized carbons (Fsp3) is 0.219. The second-order valence-corrected chi connectivity index (χ2v) is 25.2. The monoisotopic (exact) mass is 1280 g/mol. The van der Waals surface area contributed by atoms with E-state index in [9.17, 15) is 2.74 Å². The van der Waals surface area contributed by atoms with Crippen LogP contribution in [0.15, 0.2) is 201 Å². The van der Waals surface area contributed by atoms with E-state index in [4.69, 9.17) is 17.4 Å². The number of allylic oxidation sites excluding steroid dienone is 8. The molecule has 3 aromatic heterocycles. The number of rotatable bonds is 8. The van der Waals surface area contributed by atoms with E-state index in [2.05, 4.69) is 222 Å². The van der Waals surface area contributed by atoms with E-state index >= 15 is 0 Å². The Morgan fingerprint density at radius 1 is 0.595 bits per heavy atom. The molecule has 424 valence electrons. The van der Waals surface area contributed by atoms with Crippen molar-refractivity contribution in [1.82, 2.24) is 25.2 Å². The zero-order chi connectivity index (χ0) is 61.7. The van der Waals surface area contributed by atoms with Crippen LogP contribution in [0, 0.1) is 18.8 Å². The molecule has 0 amide bonds. The van der Waals surface area contributed by atoms with Gasteiger partial charge in [0.2, 0.25) is 0 Å². The van der Waals surface area contributed by atoms with Crippen LogP contribution in [0.1, 0.15) is 122 Å². The molecule has 6 heterocycles. The summed E-state index contributed by atoms with van der Waals surface area (Å²) in [6, 6.07) is 35.6. The van der Waals surface area contributed by atoms with Crippen LogP contribution in [0.25, 0.3) is 49.8 Å². The van der Waals surface area contributed by atoms with E-state index in [1.807, 2.05) is 79.5 Å². The van der Waals surface area contributed by atoms with Crippen LogP contribution in [0.4, 0.5) is 22.7 Å². The van der Waals surface area contributed by atoms with Crippen LogP contribution in [-0.4, -0.2) is 29.1 Å². The number of para-hydroxylation sites is 3. The van der Waals surface area contributed by atoms with Crippen molar-refractivity contribution in [3.63, 3.8) is 0 Å². The fourth-order valence-corrected chi connectivity index (χ4v) is 10.8. The number of hydrogen-bond donors (Lipinski definition) is 2. The minimum atomic E-state index is -0.335. The van der Waals surface area contributed by atoms with Crippen molar-refractivity contribution >= 4 is 70.1 Å². The average molecular weight is 1280 g/mol. The molecular formula is C73H72B2N7OPt-3. The van der Waals surface area contributed by atoms with Crippen molar-refractivity contribution < 1.29 is 31.3 Å². The first-order valence-electron chi connectivity index (χ1n) is 30.4. The van der Waals surface area contributed by atoms with Crippen molar-refractivity contribution in [2.24, 2.45) is 0 Å². The molecule has 11 rings (SSSR count). The molecule has 5 aromatic carbocycles. The van der Waals surface area contributed by atoms with Crippen LogP contribution in [0.2, 0.25) is 0 Å². The quantitative estimate of drug-likeness (QED) is 0.116. The Morgan fingerprint density at radius 2 is 1.19 bits per heavy atom. The zero-order valence-electron chi connectivity index (χ0n) is 53.9. The van der Waals surface area contributed by atoms with E-state index < -0.39 is 0 Å². The second kappa shape index (κ2) is 23.9. The summed E-state index contributed by atoms with van der Waals surface area (Å²) in [4.78, 5) is 14.8. The molecule has 8 aromatic rings. The van der Waals surface area contributed by atoms with E-state index in [1.54, 1.807) is 16.8 Å². The van der Waals surface area contributed by atoms with E-state index in [0.717, 1.165) is 61.4 Å². The summed E-state index contributed by atoms with van der Waals surface area (Å²) >= 11 is 0. The van der Waals surface area contributed by atoms with Gasteiger partial charge in [0.05, 0.1) is 5.48 Å². The van der Waals surface area contributed by atoms with Crippen LogP contribution in [0.5, 0.6) is 11.6 Å². The number of nitrogens with zero attached hydrogens (tertiary/aromatic N) is 5. The summed E-state index contributed by atoms with van der Waals surface area (Å²) in [6.07, 6.45) is 25.8. The molecule has 0 spiro atoms. The molecule has 84 heavy (non-hydrogen) atoms. The van der Waals surface area contributed by atoms with Gasteiger partial charge in [-0.05, 0) is 138 Å². The number of benzene rings is 5. The topological polar surface area (TPSA) is 70.5 Å². The van der Waals surface area contributed by atoms with E-state index in [0.29, 0.717) is 44.8 Å². The van der Waals surface area contributed by atoms with E-state index in [1.165, 1.54) is 5.56 Å². The third-order valence-electron chi connectivity index (χ3n) is 15.0. The van der Waals surface area contributed by atoms with Crippen LogP contribution in [-0.2, 0) is 42.7 Å². The van der Waals surface area contributed by atoms with Gasteiger partial charge in [0.25, 0.3) is 0 Å². The molecule has 0 unspecified atom stereocenters. The number of pyridine rings is 2. The number of ether oxygens (including phenoxy) is 1. The maximum absolute atomic E-state index is 9.30. The maximum atomic E-state index is 9.30. The van der Waals surface area contributed by atoms with E-state index in [-0.39, 0.29) is 72.8 Å². The molecule has 3 aliphatic rings. The summed E-state index contributed by atoms with van der Waals surface area (Å²) in [5.74, 6) is 5.13. The van der Waals surface area contributed by atoms with Gasteiger partial charge in [-0.2, -0.15) is 23.9 Å². The van der Waals surface area contributed by atoms with Gasteiger partial charge in [0, 0.05) is 80.4 Å². The predicted octanol–water partition coefficient (Wildman–Crippen LogP) is 17.6. The van der Waals surface area contributed by atoms with Gasteiger partial charge in [0.15, 0.2) is 14.6 Å².